The molecule has 42 valence electrons. The van der Waals surface area contributed by atoms with Gasteiger partial charge in [-0.15, -0.1) is 0 Å². The van der Waals surface area contributed by atoms with E-state index >= 15 is 0 Å². The highest BCUT2D eigenvalue weighted by Gasteiger charge is 2.06. The summed E-state index contributed by atoms with van der Waals surface area (Å²) in [6.07, 6.45) is 1.03. The first-order valence-corrected chi connectivity index (χ1v) is 2.50. The van der Waals surface area contributed by atoms with E-state index in [1.54, 1.807) is 0 Å². The zero-order chi connectivity index (χ0) is 5.11. The molecule has 0 aromatic heterocycles. The lowest BCUT2D eigenvalue weighted by Gasteiger charge is -2.17. The van der Waals surface area contributed by atoms with Crippen LogP contribution < -0.4 is 11.2 Å². The van der Waals surface area contributed by atoms with Gasteiger partial charge in [0.1, 0.15) is 0 Å². The first-order chi connectivity index (χ1) is 3.39. The second-order valence-electron chi connectivity index (χ2n) is 1.75. The molecule has 3 heteroatoms. The Bertz CT molecular complexity index is 51.7. The SMILES string of the molecule is NC1CCNOC1. The van der Waals surface area contributed by atoms with E-state index in [2.05, 4.69) is 5.48 Å². The first kappa shape index (κ1) is 5.03. The summed E-state index contributed by atoms with van der Waals surface area (Å²) in [4.78, 5) is 4.81. The fourth-order valence-corrected chi connectivity index (χ4v) is 0.566. The predicted octanol–water partition coefficient (Wildman–Crippen LogP) is -0.761. The summed E-state index contributed by atoms with van der Waals surface area (Å²) in [7, 11) is 0. The van der Waals surface area contributed by atoms with Crippen molar-refractivity contribution in [2.75, 3.05) is 13.2 Å². The van der Waals surface area contributed by atoms with E-state index < -0.39 is 0 Å². The number of nitrogens with one attached hydrogen (secondary N) is 1. The highest BCUT2D eigenvalue weighted by Crippen LogP contribution is 1.91. The molecule has 0 amide bonds. The van der Waals surface area contributed by atoms with Crippen molar-refractivity contribution in [2.24, 2.45) is 5.73 Å². The zero-order valence-electron chi connectivity index (χ0n) is 4.18. The molecule has 0 spiro atoms. The van der Waals surface area contributed by atoms with Gasteiger partial charge >= 0.3 is 0 Å². The Morgan fingerprint density at radius 1 is 1.71 bits per heavy atom. The average Bonchev–Trinajstić information content (AvgIpc) is 1.69. The summed E-state index contributed by atoms with van der Waals surface area (Å²) in [5, 5.41) is 0. The van der Waals surface area contributed by atoms with E-state index in [0.29, 0.717) is 6.61 Å². The van der Waals surface area contributed by atoms with Crippen molar-refractivity contribution in [3.63, 3.8) is 0 Å². The van der Waals surface area contributed by atoms with Crippen molar-refractivity contribution >= 4 is 0 Å². The Kier molecular flexibility index (Phi) is 1.62. The second-order valence-corrected chi connectivity index (χ2v) is 1.75. The molecule has 1 aliphatic rings. The van der Waals surface area contributed by atoms with Crippen LogP contribution in [0.25, 0.3) is 0 Å². The van der Waals surface area contributed by atoms with Crippen LogP contribution in [0.5, 0.6) is 0 Å². The molecule has 1 fully saturated rings. The quantitative estimate of drug-likeness (QED) is 0.422. The maximum absolute atomic E-state index is 5.47. The van der Waals surface area contributed by atoms with Gasteiger partial charge in [-0.3, -0.25) is 0 Å². The van der Waals surface area contributed by atoms with Crippen LogP contribution in [-0.2, 0) is 4.84 Å². The van der Waals surface area contributed by atoms with Crippen molar-refractivity contribution < 1.29 is 4.84 Å². The lowest BCUT2D eigenvalue weighted by atomic mass is 10.2. The van der Waals surface area contributed by atoms with Gasteiger partial charge in [0.2, 0.25) is 0 Å². The molecule has 1 aliphatic heterocycles. The van der Waals surface area contributed by atoms with Crippen LogP contribution >= 0.6 is 0 Å². The van der Waals surface area contributed by atoms with E-state index in [4.69, 9.17) is 10.6 Å². The van der Waals surface area contributed by atoms with Crippen molar-refractivity contribution in [2.45, 2.75) is 12.5 Å². The van der Waals surface area contributed by atoms with E-state index in [0.717, 1.165) is 13.0 Å². The maximum Gasteiger partial charge on any atom is 0.0833 e. The van der Waals surface area contributed by atoms with Crippen molar-refractivity contribution in [3.05, 3.63) is 0 Å². The Labute approximate surface area is 42.8 Å². The van der Waals surface area contributed by atoms with Crippen molar-refractivity contribution in [1.29, 1.82) is 0 Å². The molecule has 1 atom stereocenters. The highest BCUT2D eigenvalue weighted by molar-refractivity contribution is 4.62. The van der Waals surface area contributed by atoms with E-state index in [1.807, 2.05) is 0 Å². The molecule has 0 aromatic rings. The molecular weight excluding hydrogens is 92.1 g/mol. The van der Waals surface area contributed by atoms with E-state index in [9.17, 15) is 0 Å². The van der Waals surface area contributed by atoms with Crippen LogP contribution in [-0.4, -0.2) is 19.2 Å². The lowest BCUT2D eigenvalue weighted by molar-refractivity contribution is 0.00220. The first-order valence-electron chi connectivity index (χ1n) is 2.50. The third-order valence-corrected chi connectivity index (χ3v) is 1.02. The molecule has 3 nitrogen and oxygen atoms in total. The number of hydroxylamine groups is 1. The van der Waals surface area contributed by atoms with Gasteiger partial charge in [0, 0.05) is 12.6 Å². The minimum absolute atomic E-state index is 0.251. The Morgan fingerprint density at radius 3 is 2.86 bits per heavy atom. The highest BCUT2D eigenvalue weighted by atomic mass is 16.6. The second kappa shape index (κ2) is 2.26. The van der Waals surface area contributed by atoms with Gasteiger partial charge in [-0.2, -0.15) is 0 Å². The van der Waals surface area contributed by atoms with Crippen molar-refractivity contribution in [1.82, 2.24) is 5.48 Å². The van der Waals surface area contributed by atoms with Crippen LogP contribution in [0.1, 0.15) is 6.42 Å². The third-order valence-electron chi connectivity index (χ3n) is 1.02. The Balaban J connectivity index is 2.12. The van der Waals surface area contributed by atoms with Gasteiger partial charge in [-0.05, 0) is 6.42 Å². The normalized spacial score (nSPS) is 33.0. The molecular formula is C4H10N2O. The topological polar surface area (TPSA) is 47.3 Å². The molecule has 0 bridgehead atoms. The molecule has 0 saturated carbocycles. The van der Waals surface area contributed by atoms with Crippen LogP contribution in [0.4, 0.5) is 0 Å². The summed E-state index contributed by atoms with van der Waals surface area (Å²) in [6.45, 7) is 1.54. The lowest BCUT2D eigenvalue weighted by Crippen LogP contribution is -2.38. The van der Waals surface area contributed by atoms with E-state index in [-0.39, 0.29) is 6.04 Å². The van der Waals surface area contributed by atoms with Crippen LogP contribution in [0.2, 0.25) is 0 Å². The summed E-state index contributed by atoms with van der Waals surface area (Å²) < 4.78 is 0. The minimum Gasteiger partial charge on any atom is -0.326 e. The van der Waals surface area contributed by atoms with Crippen LogP contribution in [0.3, 0.4) is 0 Å². The van der Waals surface area contributed by atoms with Crippen molar-refractivity contribution in [3.8, 4) is 0 Å². The smallest absolute Gasteiger partial charge is 0.0833 e. The summed E-state index contributed by atoms with van der Waals surface area (Å²) >= 11 is 0. The molecule has 0 aliphatic carbocycles. The number of nitrogens with two attached hydrogens (primary N) is 1. The molecule has 1 heterocycles. The Hall–Kier alpha value is -0.120. The molecule has 1 saturated heterocycles. The number of hydrogen-bond acceptors (Lipinski definition) is 3. The summed E-state index contributed by atoms with van der Waals surface area (Å²) in [6, 6.07) is 0.251. The van der Waals surface area contributed by atoms with Gasteiger partial charge in [-0.25, -0.2) is 5.48 Å². The van der Waals surface area contributed by atoms with Gasteiger partial charge in [0.15, 0.2) is 0 Å². The predicted molar refractivity (Wildman–Crippen MR) is 26.5 cm³/mol. The molecule has 0 radical (unpaired) electrons. The number of hydrogen-bond donors (Lipinski definition) is 2. The third kappa shape index (κ3) is 1.43. The molecule has 1 rings (SSSR count). The fraction of sp³-hybridized carbons (Fsp3) is 1.00. The Morgan fingerprint density at radius 2 is 2.57 bits per heavy atom. The largest absolute Gasteiger partial charge is 0.326 e. The van der Waals surface area contributed by atoms with E-state index in [1.165, 1.54) is 0 Å². The monoisotopic (exact) mass is 102 g/mol. The number of rotatable bonds is 0. The van der Waals surface area contributed by atoms with Crippen LogP contribution in [0, 0.1) is 0 Å². The van der Waals surface area contributed by atoms with Gasteiger partial charge < -0.3 is 10.6 Å². The molecule has 3 N–H and O–H groups in total. The van der Waals surface area contributed by atoms with Crippen LogP contribution in [0.15, 0.2) is 0 Å². The fourth-order valence-electron chi connectivity index (χ4n) is 0.566. The molecule has 0 aromatic carbocycles. The van der Waals surface area contributed by atoms with Gasteiger partial charge in [0.25, 0.3) is 0 Å². The summed E-state index contributed by atoms with van der Waals surface area (Å²) in [5.41, 5.74) is 8.20. The molecule has 7 heavy (non-hydrogen) atoms. The van der Waals surface area contributed by atoms with Gasteiger partial charge in [0.05, 0.1) is 6.61 Å². The zero-order valence-corrected chi connectivity index (χ0v) is 4.18. The maximum atomic E-state index is 5.47. The minimum atomic E-state index is 0.251. The van der Waals surface area contributed by atoms with Gasteiger partial charge in [-0.1, -0.05) is 0 Å². The summed E-state index contributed by atoms with van der Waals surface area (Å²) in [5.74, 6) is 0. The average molecular weight is 102 g/mol. The standard InChI is InChI=1S/C4H10N2O/c5-4-1-2-6-7-3-4/h4,6H,1-3,5H2. The molecule has 1 unspecified atom stereocenters.